The normalized spacial score (nSPS) is 27.4. The SMILES string of the molecule is CC1(C)c2cc(/C=C/C3CCC(N(C4=CC=CCC4)C4C=C5CCC=CC5=CC4)CC3)ccc2-c2ccc(NC3CC=CCC3)cc21. The predicted molar refractivity (Wildman–Crippen MR) is 200 cm³/mol. The van der Waals surface area contributed by atoms with Gasteiger partial charge in [-0.3, -0.25) is 0 Å². The van der Waals surface area contributed by atoms with Crippen LogP contribution in [0.25, 0.3) is 17.2 Å². The van der Waals surface area contributed by atoms with E-state index in [1.807, 2.05) is 0 Å². The molecule has 242 valence electrons. The Morgan fingerprint density at radius 3 is 2.45 bits per heavy atom. The third-order valence-electron chi connectivity index (χ3n) is 11.9. The second-order valence-electron chi connectivity index (χ2n) is 15.4. The van der Waals surface area contributed by atoms with Crippen molar-refractivity contribution in [3.8, 4) is 11.1 Å². The topological polar surface area (TPSA) is 15.3 Å². The van der Waals surface area contributed by atoms with Gasteiger partial charge in [0.2, 0.25) is 0 Å². The van der Waals surface area contributed by atoms with E-state index in [0.717, 1.165) is 12.8 Å². The van der Waals surface area contributed by atoms with E-state index in [-0.39, 0.29) is 5.41 Å². The number of nitrogens with one attached hydrogen (secondary N) is 1. The Hall–Kier alpha value is -3.78. The molecule has 0 spiro atoms. The van der Waals surface area contributed by atoms with E-state index >= 15 is 0 Å². The molecule has 0 saturated heterocycles. The summed E-state index contributed by atoms with van der Waals surface area (Å²) < 4.78 is 0. The quantitative estimate of drug-likeness (QED) is 0.310. The molecule has 2 atom stereocenters. The van der Waals surface area contributed by atoms with Crippen molar-refractivity contribution in [1.82, 2.24) is 4.90 Å². The fourth-order valence-electron chi connectivity index (χ4n) is 9.27. The van der Waals surface area contributed by atoms with E-state index in [4.69, 9.17) is 0 Å². The van der Waals surface area contributed by atoms with E-state index < -0.39 is 0 Å². The van der Waals surface area contributed by atoms with Crippen molar-refractivity contribution in [3.05, 3.63) is 131 Å². The smallest absolute Gasteiger partial charge is 0.0513 e. The van der Waals surface area contributed by atoms with Crippen LogP contribution in [-0.2, 0) is 5.41 Å². The van der Waals surface area contributed by atoms with E-state index in [1.165, 1.54) is 103 Å². The van der Waals surface area contributed by atoms with Gasteiger partial charge in [0.15, 0.2) is 0 Å². The van der Waals surface area contributed by atoms with Crippen LogP contribution >= 0.6 is 0 Å². The predicted octanol–water partition coefficient (Wildman–Crippen LogP) is 11.6. The van der Waals surface area contributed by atoms with Crippen LogP contribution in [0, 0.1) is 5.92 Å². The fourth-order valence-corrected chi connectivity index (χ4v) is 9.27. The van der Waals surface area contributed by atoms with Crippen molar-refractivity contribution in [2.24, 2.45) is 5.92 Å². The van der Waals surface area contributed by atoms with Gasteiger partial charge < -0.3 is 10.2 Å². The van der Waals surface area contributed by atoms with E-state index in [0.29, 0.717) is 24.0 Å². The van der Waals surface area contributed by atoms with Crippen LogP contribution in [0.5, 0.6) is 0 Å². The molecule has 0 bridgehead atoms. The van der Waals surface area contributed by atoms with Gasteiger partial charge in [0.05, 0.1) is 6.04 Å². The Balaban J connectivity index is 0.943. The van der Waals surface area contributed by atoms with Gasteiger partial charge in [-0.25, -0.2) is 0 Å². The monoisotopic (exact) mass is 620 g/mol. The Kier molecular flexibility index (Phi) is 8.46. The molecule has 8 rings (SSSR count). The van der Waals surface area contributed by atoms with Crippen molar-refractivity contribution in [3.63, 3.8) is 0 Å². The molecule has 2 aromatic rings. The highest BCUT2D eigenvalue weighted by Gasteiger charge is 2.36. The van der Waals surface area contributed by atoms with Gasteiger partial charge >= 0.3 is 0 Å². The zero-order valence-electron chi connectivity index (χ0n) is 28.6. The lowest BCUT2D eigenvalue weighted by Crippen LogP contribution is -2.44. The van der Waals surface area contributed by atoms with Gasteiger partial charge in [-0.15, -0.1) is 0 Å². The molecule has 6 aliphatic carbocycles. The summed E-state index contributed by atoms with van der Waals surface area (Å²) in [4.78, 5) is 2.86. The summed E-state index contributed by atoms with van der Waals surface area (Å²) in [5, 5.41) is 3.82. The van der Waals surface area contributed by atoms with Crippen molar-refractivity contribution in [1.29, 1.82) is 0 Å². The molecule has 1 fully saturated rings. The number of anilines is 1. The van der Waals surface area contributed by atoms with Crippen LogP contribution in [0.1, 0.15) is 108 Å². The lowest BCUT2D eigenvalue weighted by molar-refractivity contribution is 0.151. The molecule has 0 heterocycles. The van der Waals surface area contributed by atoms with Crippen LogP contribution in [0.3, 0.4) is 0 Å². The minimum absolute atomic E-state index is 0.00146. The molecule has 2 aromatic carbocycles. The highest BCUT2D eigenvalue weighted by Crippen LogP contribution is 2.50. The van der Waals surface area contributed by atoms with Gasteiger partial charge in [0, 0.05) is 28.9 Å². The van der Waals surface area contributed by atoms with Crippen LogP contribution in [0.2, 0.25) is 0 Å². The third-order valence-corrected chi connectivity index (χ3v) is 11.9. The molecule has 0 aromatic heterocycles. The third kappa shape index (κ3) is 6.17. The summed E-state index contributed by atoms with van der Waals surface area (Å²) in [6, 6.07) is 16.0. The largest absolute Gasteiger partial charge is 0.382 e. The lowest BCUT2D eigenvalue weighted by atomic mass is 9.81. The number of allylic oxidation sites excluding steroid dienone is 10. The molecule has 6 aliphatic rings. The molecule has 1 saturated carbocycles. The Morgan fingerprint density at radius 2 is 1.64 bits per heavy atom. The number of hydrogen-bond acceptors (Lipinski definition) is 2. The van der Waals surface area contributed by atoms with Crippen LogP contribution in [-0.4, -0.2) is 23.0 Å². The number of fused-ring (bicyclic) bond motifs is 4. The molecule has 0 aliphatic heterocycles. The van der Waals surface area contributed by atoms with Crippen LogP contribution < -0.4 is 5.32 Å². The van der Waals surface area contributed by atoms with Gasteiger partial charge in [0.25, 0.3) is 0 Å². The molecule has 2 heteroatoms. The summed E-state index contributed by atoms with van der Waals surface area (Å²) in [5.74, 6) is 0.662. The number of hydrogen-bond donors (Lipinski definition) is 1. The van der Waals surface area contributed by atoms with Gasteiger partial charge in [-0.2, -0.15) is 0 Å². The highest BCUT2D eigenvalue weighted by molar-refractivity contribution is 5.83. The van der Waals surface area contributed by atoms with E-state index in [9.17, 15) is 0 Å². The molecular weight excluding hydrogens is 569 g/mol. The van der Waals surface area contributed by atoms with Crippen molar-refractivity contribution in [2.45, 2.75) is 114 Å². The summed E-state index contributed by atoms with van der Waals surface area (Å²) in [6.45, 7) is 4.82. The van der Waals surface area contributed by atoms with Gasteiger partial charge in [-0.05, 0) is 140 Å². The van der Waals surface area contributed by atoms with Crippen LogP contribution in [0.4, 0.5) is 5.69 Å². The van der Waals surface area contributed by atoms with Crippen LogP contribution in [0.15, 0.2) is 114 Å². The van der Waals surface area contributed by atoms with Gasteiger partial charge in [0.1, 0.15) is 0 Å². The number of benzene rings is 2. The molecule has 2 nitrogen and oxygen atoms in total. The standard InChI is InChI=1S/C45H52N2/c1-45(2)43-29-33(21-27-41(43)42-28-23-37(31-44(42)45)46-36-13-5-3-6-14-36)18-17-32-19-24-39(25-20-32)47(38-15-7-4-8-16-38)40-26-22-34-11-9-10-12-35(34)30-40/h3-5,7,9,11,15,17-18,21-23,27-32,36,39-40,46H,6,8,10,12-14,16,19-20,24-26H2,1-2H3/b18-17+. The van der Waals surface area contributed by atoms with E-state index in [2.05, 4.69) is 127 Å². The maximum Gasteiger partial charge on any atom is 0.0513 e. The first-order valence-corrected chi connectivity index (χ1v) is 18.6. The van der Waals surface area contributed by atoms with Gasteiger partial charge in [-0.1, -0.05) is 98.9 Å². The minimum Gasteiger partial charge on any atom is -0.382 e. The van der Waals surface area contributed by atoms with Crippen molar-refractivity contribution < 1.29 is 0 Å². The second kappa shape index (κ2) is 13.0. The maximum absolute atomic E-state index is 3.82. The summed E-state index contributed by atoms with van der Waals surface area (Å²) in [6.07, 6.45) is 41.0. The number of nitrogens with zero attached hydrogens (tertiary/aromatic N) is 1. The average molecular weight is 621 g/mol. The minimum atomic E-state index is 0.00146. The Morgan fingerprint density at radius 1 is 0.809 bits per heavy atom. The fraction of sp³-hybridized carbons (Fsp3) is 0.422. The Bertz CT molecular complexity index is 1710. The summed E-state index contributed by atoms with van der Waals surface area (Å²) in [7, 11) is 0. The summed E-state index contributed by atoms with van der Waals surface area (Å²) in [5.41, 5.74) is 13.0. The average Bonchev–Trinajstić information content (AvgIpc) is 3.34. The highest BCUT2D eigenvalue weighted by atomic mass is 15.2. The second-order valence-corrected chi connectivity index (χ2v) is 15.4. The first-order valence-electron chi connectivity index (χ1n) is 18.6. The zero-order valence-corrected chi connectivity index (χ0v) is 28.6. The zero-order chi connectivity index (χ0) is 31.8. The first-order chi connectivity index (χ1) is 23.0. The summed E-state index contributed by atoms with van der Waals surface area (Å²) >= 11 is 0. The first kappa shape index (κ1) is 30.5. The maximum atomic E-state index is 3.82. The number of rotatable bonds is 7. The Labute approximate surface area is 283 Å². The molecule has 1 N–H and O–H groups in total. The molecule has 2 unspecified atom stereocenters. The van der Waals surface area contributed by atoms with Crippen molar-refractivity contribution >= 4 is 11.8 Å². The molecule has 0 radical (unpaired) electrons. The molecule has 47 heavy (non-hydrogen) atoms. The molecular formula is C45H52N2. The van der Waals surface area contributed by atoms with E-state index in [1.54, 1.807) is 11.3 Å². The van der Waals surface area contributed by atoms with Crippen molar-refractivity contribution in [2.75, 3.05) is 5.32 Å². The molecule has 0 amide bonds. The lowest BCUT2D eigenvalue weighted by Gasteiger charge is -2.45.